The number of hydrogen-bond donors (Lipinski definition) is 0. The van der Waals surface area contributed by atoms with E-state index in [0.29, 0.717) is 17.5 Å². The molecule has 0 unspecified atom stereocenters. The molecule has 4 rings (SSSR count). The molecule has 0 amide bonds. The Morgan fingerprint density at radius 1 is 1.04 bits per heavy atom. The minimum atomic E-state index is 0.314. The largest absolute Gasteiger partial charge is 0.486 e. The Labute approximate surface area is 148 Å². The fourth-order valence-electron chi connectivity index (χ4n) is 2.31. The summed E-state index contributed by atoms with van der Waals surface area (Å²) in [5, 5.41) is 14.5. The van der Waals surface area contributed by atoms with Crippen LogP contribution in [0.5, 0.6) is 5.75 Å². The Morgan fingerprint density at radius 2 is 1.83 bits per heavy atom. The van der Waals surface area contributed by atoms with Crippen LogP contribution in [-0.4, -0.2) is 26.3 Å². The van der Waals surface area contributed by atoms with Gasteiger partial charge in [-0.3, -0.25) is 0 Å². The molecule has 0 saturated carbocycles. The van der Waals surface area contributed by atoms with Crippen LogP contribution in [0, 0.1) is 0 Å². The van der Waals surface area contributed by atoms with Gasteiger partial charge in [0.1, 0.15) is 12.4 Å². The summed E-state index contributed by atoms with van der Waals surface area (Å²) in [7, 11) is 0. The maximum absolute atomic E-state index is 5.95. The number of benzene rings is 2. The molecule has 24 heavy (non-hydrogen) atoms. The molecule has 0 N–H and O–H groups in total. The molecule has 0 aliphatic carbocycles. The fourth-order valence-corrected chi connectivity index (χ4v) is 3.29. The van der Waals surface area contributed by atoms with Crippen LogP contribution in [0.2, 0.25) is 5.02 Å². The number of ether oxygens (including phenoxy) is 1. The van der Waals surface area contributed by atoms with Gasteiger partial charge in [0.2, 0.25) is 5.16 Å². The van der Waals surface area contributed by atoms with E-state index in [1.807, 2.05) is 54.6 Å². The van der Waals surface area contributed by atoms with Gasteiger partial charge in [0, 0.05) is 10.8 Å². The number of hydrogen-bond acceptors (Lipinski definition) is 5. The van der Waals surface area contributed by atoms with E-state index >= 15 is 0 Å². The number of rotatable bonds is 4. The van der Waals surface area contributed by atoms with Gasteiger partial charge < -0.3 is 4.74 Å². The molecular weight excluding hydrogens is 344 g/mol. The summed E-state index contributed by atoms with van der Waals surface area (Å²) in [6.07, 6.45) is 0. The predicted molar refractivity (Wildman–Crippen MR) is 94.9 cm³/mol. The van der Waals surface area contributed by atoms with Crippen molar-refractivity contribution in [2.45, 2.75) is 11.8 Å². The predicted octanol–water partition coefficient (Wildman–Crippen LogP) is 3.87. The first kappa shape index (κ1) is 15.2. The molecule has 0 bridgehead atoms. The third kappa shape index (κ3) is 3.16. The lowest BCUT2D eigenvalue weighted by molar-refractivity contribution is 0.290. The molecular formula is C17H13ClN4OS. The normalized spacial score (nSPS) is 13.3. The molecule has 1 aromatic heterocycles. The number of thioether (sulfide) groups is 1. The molecule has 1 aliphatic rings. The van der Waals surface area contributed by atoms with E-state index in [1.54, 1.807) is 16.4 Å². The zero-order valence-electron chi connectivity index (χ0n) is 12.6. The van der Waals surface area contributed by atoms with Crippen molar-refractivity contribution in [3.8, 4) is 5.75 Å². The molecule has 0 saturated heterocycles. The number of aromatic nitrogens is 3. The van der Waals surface area contributed by atoms with Gasteiger partial charge in [-0.15, -0.1) is 10.2 Å². The molecule has 2 aromatic carbocycles. The number of fused-ring (bicyclic) bond motifs is 1. The van der Waals surface area contributed by atoms with E-state index in [1.165, 1.54) is 0 Å². The second kappa shape index (κ2) is 6.67. The lowest BCUT2D eigenvalue weighted by Gasteiger charge is -2.14. The van der Waals surface area contributed by atoms with Gasteiger partial charge in [-0.05, 0) is 29.8 Å². The van der Waals surface area contributed by atoms with Crippen molar-refractivity contribution in [1.82, 2.24) is 14.9 Å². The van der Waals surface area contributed by atoms with Crippen LogP contribution in [-0.2, 0) is 6.61 Å². The van der Waals surface area contributed by atoms with Crippen molar-refractivity contribution in [2.75, 3.05) is 5.75 Å². The third-order valence-electron chi connectivity index (χ3n) is 3.52. The molecule has 0 fully saturated rings. The fraction of sp³-hybridized carbons (Fsp3) is 0.118. The average Bonchev–Trinajstić information content (AvgIpc) is 3.04. The van der Waals surface area contributed by atoms with Gasteiger partial charge in [-0.2, -0.15) is 9.78 Å². The summed E-state index contributed by atoms with van der Waals surface area (Å²) in [4.78, 5) is 0. The van der Waals surface area contributed by atoms with Crippen LogP contribution in [0.3, 0.4) is 0 Å². The molecule has 0 radical (unpaired) electrons. The standard InChI is InChI=1S/C17H13ClN4OS/c18-13-8-6-12(7-9-13)15-11-24-17-20-19-16(22(17)21-15)10-23-14-4-2-1-3-5-14/h1-9H,10-11H2. The van der Waals surface area contributed by atoms with Crippen LogP contribution < -0.4 is 4.74 Å². The molecule has 0 spiro atoms. The van der Waals surface area contributed by atoms with Crippen molar-refractivity contribution >= 4 is 29.1 Å². The van der Waals surface area contributed by atoms with Crippen LogP contribution in [0.1, 0.15) is 11.4 Å². The summed E-state index contributed by atoms with van der Waals surface area (Å²) in [6.45, 7) is 0.314. The van der Waals surface area contributed by atoms with E-state index in [9.17, 15) is 0 Å². The van der Waals surface area contributed by atoms with Crippen molar-refractivity contribution < 1.29 is 4.74 Å². The Balaban J connectivity index is 1.58. The number of nitrogens with zero attached hydrogens (tertiary/aromatic N) is 4. The summed E-state index contributed by atoms with van der Waals surface area (Å²) < 4.78 is 7.50. The lowest BCUT2D eigenvalue weighted by atomic mass is 10.1. The minimum Gasteiger partial charge on any atom is -0.486 e. The Morgan fingerprint density at radius 3 is 2.62 bits per heavy atom. The second-order valence-corrected chi connectivity index (χ2v) is 6.53. The van der Waals surface area contributed by atoms with E-state index in [-0.39, 0.29) is 0 Å². The van der Waals surface area contributed by atoms with Gasteiger partial charge in [0.05, 0.1) is 5.71 Å². The van der Waals surface area contributed by atoms with E-state index in [0.717, 1.165) is 27.9 Å². The molecule has 7 heteroatoms. The smallest absolute Gasteiger partial charge is 0.212 e. The quantitative estimate of drug-likeness (QED) is 0.712. The highest BCUT2D eigenvalue weighted by atomic mass is 35.5. The van der Waals surface area contributed by atoms with Gasteiger partial charge in [-0.1, -0.05) is 53.7 Å². The summed E-state index contributed by atoms with van der Waals surface area (Å²) >= 11 is 7.56. The molecule has 3 aromatic rings. The molecule has 120 valence electrons. The first-order chi connectivity index (χ1) is 11.8. The first-order valence-corrected chi connectivity index (χ1v) is 8.75. The zero-order chi connectivity index (χ0) is 16.4. The summed E-state index contributed by atoms with van der Waals surface area (Å²) in [6, 6.07) is 17.3. The van der Waals surface area contributed by atoms with Crippen molar-refractivity contribution in [2.24, 2.45) is 5.10 Å². The molecule has 5 nitrogen and oxygen atoms in total. The minimum absolute atomic E-state index is 0.314. The van der Waals surface area contributed by atoms with E-state index in [4.69, 9.17) is 16.3 Å². The highest BCUT2D eigenvalue weighted by Gasteiger charge is 2.20. The lowest BCUT2D eigenvalue weighted by Crippen LogP contribution is -2.15. The van der Waals surface area contributed by atoms with Crippen LogP contribution in [0.4, 0.5) is 0 Å². The molecule has 0 atom stereocenters. The summed E-state index contributed by atoms with van der Waals surface area (Å²) in [5.41, 5.74) is 2.01. The number of halogens is 1. The molecule has 1 aliphatic heterocycles. The Bertz CT molecular complexity index is 877. The maximum Gasteiger partial charge on any atom is 0.212 e. The SMILES string of the molecule is Clc1ccc(C2=Nn3c(COc4ccccc4)nnc3SC2)cc1. The third-order valence-corrected chi connectivity index (χ3v) is 4.71. The van der Waals surface area contributed by atoms with Crippen molar-refractivity contribution in [1.29, 1.82) is 0 Å². The topological polar surface area (TPSA) is 52.3 Å². The van der Waals surface area contributed by atoms with E-state index < -0.39 is 0 Å². The van der Waals surface area contributed by atoms with Gasteiger partial charge in [-0.25, -0.2) is 0 Å². The highest BCUT2D eigenvalue weighted by molar-refractivity contribution is 7.99. The highest BCUT2D eigenvalue weighted by Crippen LogP contribution is 2.25. The maximum atomic E-state index is 5.95. The van der Waals surface area contributed by atoms with Gasteiger partial charge >= 0.3 is 0 Å². The van der Waals surface area contributed by atoms with Crippen molar-refractivity contribution in [3.63, 3.8) is 0 Å². The second-order valence-electron chi connectivity index (χ2n) is 5.15. The number of para-hydroxylation sites is 1. The van der Waals surface area contributed by atoms with E-state index in [2.05, 4.69) is 15.3 Å². The van der Waals surface area contributed by atoms with Gasteiger partial charge in [0.25, 0.3) is 0 Å². The van der Waals surface area contributed by atoms with Crippen LogP contribution in [0.25, 0.3) is 0 Å². The average molecular weight is 357 g/mol. The first-order valence-electron chi connectivity index (χ1n) is 7.38. The molecule has 2 heterocycles. The monoisotopic (exact) mass is 356 g/mol. The Hall–Kier alpha value is -2.31. The zero-order valence-corrected chi connectivity index (χ0v) is 14.2. The van der Waals surface area contributed by atoms with Crippen molar-refractivity contribution in [3.05, 3.63) is 71.0 Å². The van der Waals surface area contributed by atoms with Gasteiger partial charge in [0.15, 0.2) is 5.82 Å². The van der Waals surface area contributed by atoms with Crippen LogP contribution >= 0.6 is 23.4 Å². The Kier molecular flexibility index (Phi) is 4.23. The van der Waals surface area contributed by atoms with Crippen LogP contribution in [0.15, 0.2) is 64.9 Å². The summed E-state index contributed by atoms with van der Waals surface area (Å²) in [5.74, 6) is 2.21.